The molecule has 0 bridgehead atoms. The summed E-state index contributed by atoms with van der Waals surface area (Å²) in [6.45, 7) is 8.16. The van der Waals surface area contributed by atoms with E-state index in [1.54, 1.807) is 4.68 Å². The number of carbonyl (C=O) groups excluding carboxylic acids is 1. The maximum Gasteiger partial charge on any atom is 0.360 e. The predicted molar refractivity (Wildman–Crippen MR) is 72.8 cm³/mol. The highest BCUT2D eigenvalue weighted by Gasteiger charge is 2.23. The lowest BCUT2D eigenvalue weighted by atomic mass is 9.97. The zero-order chi connectivity index (χ0) is 15.6. The standard InChI is InChI=1S/C13H19N5O3/c1-6-8-10(11(19)20-5)15-17-18(8)7-9-14-16-12(21-9)13(2,3)4/h6-7H2,1-5H3. The number of hydrogen-bond acceptors (Lipinski definition) is 7. The van der Waals surface area contributed by atoms with E-state index in [-0.39, 0.29) is 17.7 Å². The van der Waals surface area contributed by atoms with Gasteiger partial charge < -0.3 is 9.15 Å². The molecule has 8 nitrogen and oxygen atoms in total. The molecule has 0 spiro atoms. The van der Waals surface area contributed by atoms with E-state index in [1.807, 2.05) is 27.7 Å². The fourth-order valence-corrected chi connectivity index (χ4v) is 1.81. The van der Waals surface area contributed by atoms with Gasteiger partial charge in [0.1, 0.15) is 6.54 Å². The maximum atomic E-state index is 11.6. The first-order valence-corrected chi connectivity index (χ1v) is 6.70. The number of carbonyl (C=O) groups is 1. The molecule has 0 aliphatic rings. The van der Waals surface area contributed by atoms with E-state index in [0.29, 0.717) is 23.9 Å². The van der Waals surface area contributed by atoms with E-state index in [9.17, 15) is 4.79 Å². The topological polar surface area (TPSA) is 95.9 Å². The van der Waals surface area contributed by atoms with Crippen molar-refractivity contribution < 1.29 is 13.9 Å². The van der Waals surface area contributed by atoms with Crippen LogP contribution >= 0.6 is 0 Å². The molecule has 2 aromatic rings. The number of nitrogens with zero attached hydrogens (tertiary/aromatic N) is 5. The zero-order valence-electron chi connectivity index (χ0n) is 12.9. The molecule has 0 saturated heterocycles. The van der Waals surface area contributed by atoms with Gasteiger partial charge in [-0.1, -0.05) is 32.9 Å². The van der Waals surface area contributed by atoms with Crippen molar-refractivity contribution in [2.24, 2.45) is 0 Å². The van der Waals surface area contributed by atoms with Crippen LogP contribution in [0.4, 0.5) is 0 Å². The van der Waals surface area contributed by atoms with Crippen LogP contribution in [0.15, 0.2) is 4.42 Å². The minimum absolute atomic E-state index is 0.210. The van der Waals surface area contributed by atoms with Gasteiger partial charge in [0, 0.05) is 5.41 Å². The Bertz CT molecular complexity index is 639. The molecule has 2 rings (SSSR count). The highest BCUT2D eigenvalue weighted by atomic mass is 16.5. The Morgan fingerprint density at radius 1 is 1.29 bits per heavy atom. The Labute approximate surface area is 122 Å². The van der Waals surface area contributed by atoms with Crippen molar-refractivity contribution in [1.29, 1.82) is 0 Å². The number of rotatable bonds is 4. The van der Waals surface area contributed by atoms with Crippen LogP contribution in [0.1, 0.15) is 55.7 Å². The van der Waals surface area contributed by atoms with Gasteiger partial charge in [0.15, 0.2) is 5.69 Å². The number of aromatic nitrogens is 5. The molecular weight excluding hydrogens is 274 g/mol. The fraction of sp³-hybridized carbons (Fsp3) is 0.615. The quantitative estimate of drug-likeness (QED) is 0.785. The normalized spacial score (nSPS) is 11.7. The third kappa shape index (κ3) is 3.09. The van der Waals surface area contributed by atoms with Crippen LogP contribution in [0.25, 0.3) is 0 Å². The average Bonchev–Trinajstić information content (AvgIpc) is 3.04. The molecule has 21 heavy (non-hydrogen) atoms. The van der Waals surface area contributed by atoms with Crippen LogP contribution in [0.5, 0.6) is 0 Å². The molecule has 2 aromatic heterocycles. The smallest absolute Gasteiger partial charge is 0.360 e. The molecule has 0 aliphatic heterocycles. The van der Waals surface area contributed by atoms with E-state index < -0.39 is 5.97 Å². The monoisotopic (exact) mass is 293 g/mol. The molecule has 0 saturated carbocycles. The third-order valence-corrected chi connectivity index (χ3v) is 2.94. The Balaban J connectivity index is 2.26. The van der Waals surface area contributed by atoms with Gasteiger partial charge >= 0.3 is 5.97 Å². The molecule has 0 fully saturated rings. The summed E-state index contributed by atoms with van der Waals surface area (Å²) in [6, 6.07) is 0. The lowest BCUT2D eigenvalue weighted by molar-refractivity contribution is 0.0592. The third-order valence-electron chi connectivity index (χ3n) is 2.94. The summed E-state index contributed by atoms with van der Waals surface area (Å²) in [5.41, 5.74) is 0.686. The van der Waals surface area contributed by atoms with Crippen molar-refractivity contribution in [3.8, 4) is 0 Å². The number of esters is 1. The second-order valence-electron chi connectivity index (χ2n) is 5.64. The maximum absolute atomic E-state index is 11.6. The minimum Gasteiger partial charge on any atom is -0.464 e. The van der Waals surface area contributed by atoms with E-state index >= 15 is 0 Å². The molecule has 0 atom stereocenters. The van der Waals surface area contributed by atoms with Gasteiger partial charge in [0.25, 0.3) is 0 Å². The molecule has 0 unspecified atom stereocenters. The van der Waals surface area contributed by atoms with E-state index in [1.165, 1.54) is 7.11 Å². The fourth-order valence-electron chi connectivity index (χ4n) is 1.81. The molecule has 2 heterocycles. The van der Waals surface area contributed by atoms with Gasteiger partial charge in [0.05, 0.1) is 12.8 Å². The van der Waals surface area contributed by atoms with Gasteiger partial charge in [0.2, 0.25) is 11.8 Å². The van der Waals surface area contributed by atoms with E-state index in [0.717, 1.165) is 0 Å². The lowest BCUT2D eigenvalue weighted by Crippen LogP contribution is -2.11. The molecule has 0 N–H and O–H groups in total. The van der Waals surface area contributed by atoms with Crippen LogP contribution in [-0.4, -0.2) is 38.3 Å². The van der Waals surface area contributed by atoms with Crippen LogP contribution in [0, 0.1) is 0 Å². The summed E-state index contributed by atoms with van der Waals surface area (Å²) in [6.07, 6.45) is 0.595. The summed E-state index contributed by atoms with van der Waals surface area (Å²) >= 11 is 0. The predicted octanol–water partition coefficient (Wildman–Crippen LogP) is 1.36. The molecule has 0 aromatic carbocycles. The molecule has 0 amide bonds. The van der Waals surface area contributed by atoms with Crippen molar-refractivity contribution in [3.63, 3.8) is 0 Å². The second kappa shape index (κ2) is 5.63. The van der Waals surface area contributed by atoms with Gasteiger partial charge in [-0.2, -0.15) is 0 Å². The molecule has 0 aliphatic carbocycles. The zero-order valence-corrected chi connectivity index (χ0v) is 12.9. The van der Waals surface area contributed by atoms with E-state index in [4.69, 9.17) is 4.42 Å². The van der Waals surface area contributed by atoms with Crippen molar-refractivity contribution >= 4 is 5.97 Å². The summed E-state index contributed by atoms with van der Waals surface area (Å²) in [7, 11) is 1.31. The Morgan fingerprint density at radius 2 is 2.00 bits per heavy atom. The summed E-state index contributed by atoms with van der Waals surface area (Å²) < 4.78 is 11.9. The average molecular weight is 293 g/mol. The van der Waals surface area contributed by atoms with Gasteiger partial charge in [-0.25, -0.2) is 9.48 Å². The molecule has 0 radical (unpaired) electrons. The Hall–Kier alpha value is -2.25. The van der Waals surface area contributed by atoms with Crippen molar-refractivity contribution in [2.75, 3.05) is 7.11 Å². The van der Waals surface area contributed by atoms with Crippen LogP contribution in [0.2, 0.25) is 0 Å². The first-order valence-electron chi connectivity index (χ1n) is 6.70. The van der Waals surface area contributed by atoms with Crippen molar-refractivity contribution in [2.45, 2.75) is 46.1 Å². The number of ether oxygens (including phenoxy) is 1. The Kier molecular flexibility index (Phi) is 4.06. The van der Waals surface area contributed by atoms with Gasteiger partial charge in [-0.05, 0) is 6.42 Å². The van der Waals surface area contributed by atoms with Gasteiger partial charge in [-0.15, -0.1) is 15.3 Å². The Morgan fingerprint density at radius 3 is 2.52 bits per heavy atom. The van der Waals surface area contributed by atoms with Crippen LogP contribution < -0.4 is 0 Å². The summed E-state index contributed by atoms with van der Waals surface area (Å²) in [4.78, 5) is 11.6. The highest BCUT2D eigenvalue weighted by Crippen LogP contribution is 2.20. The molecule has 8 heteroatoms. The van der Waals surface area contributed by atoms with Crippen molar-refractivity contribution in [3.05, 3.63) is 23.2 Å². The van der Waals surface area contributed by atoms with Gasteiger partial charge in [-0.3, -0.25) is 0 Å². The van der Waals surface area contributed by atoms with Crippen LogP contribution in [-0.2, 0) is 23.1 Å². The summed E-state index contributed by atoms with van der Waals surface area (Å²) in [5.74, 6) is 0.485. The largest absolute Gasteiger partial charge is 0.464 e. The number of hydrogen-bond donors (Lipinski definition) is 0. The lowest BCUT2D eigenvalue weighted by Gasteiger charge is -2.11. The first kappa shape index (κ1) is 15.1. The van der Waals surface area contributed by atoms with Crippen LogP contribution in [0.3, 0.4) is 0 Å². The highest BCUT2D eigenvalue weighted by molar-refractivity contribution is 5.88. The number of methoxy groups -OCH3 is 1. The second-order valence-corrected chi connectivity index (χ2v) is 5.64. The van der Waals surface area contributed by atoms with Crippen molar-refractivity contribution in [1.82, 2.24) is 25.2 Å². The first-order chi connectivity index (χ1) is 9.86. The summed E-state index contributed by atoms with van der Waals surface area (Å²) in [5, 5.41) is 15.9. The SMILES string of the molecule is CCc1c(C(=O)OC)nnn1Cc1nnc(C(C)(C)C)o1. The van der Waals surface area contributed by atoms with E-state index in [2.05, 4.69) is 25.2 Å². The molecular formula is C13H19N5O3. The minimum atomic E-state index is -0.501. The molecule has 114 valence electrons.